The van der Waals surface area contributed by atoms with Crippen LogP contribution in [0.15, 0.2) is 34.9 Å². The zero-order valence-electron chi connectivity index (χ0n) is 16.5. The first-order valence-corrected chi connectivity index (χ1v) is 9.43. The molecule has 1 atom stereocenters. The number of amides is 2. The lowest BCUT2D eigenvalue weighted by Gasteiger charge is -2.34. The summed E-state index contributed by atoms with van der Waals surface area (Å²) in [5, 5.41) is 3.10. The number of carbonyl (C=O) groups excluding carboxylic acids is 2. The van der Waals surface area contributed by atoms with E-state index in [2.05, 4.69) is 24.4 Å². The first kappa shape index (κ1) is 19.2. The van der Waals surface area contributed by atoms with Crippen LogP contribution in [0.5, 0.6) is 0 Å². The second kappa shape index (κ2) is 7.96. The lowest BCUT2D eigenvalue weighted by Crippen LogP contribution is -3.19. The number of hydrogen-bond donors (Lipinski definition) is 2. The van der Waals surface area contributed by atoms with Crippen molar-refractivity contribution in [2.24, 2.45) is 0 Å². The molecule has 1 aromatic heterocycles. The summed E-state index contributed by atoms with van der Waals surface area (Å²) >= 11 is 0. The summed E-state index contributed by atoms with van der Waals surface area (Å²) in [6.07, 6.45) is 1.51. The van der Waals surface area contributed by atoms with Gasteiger partial charge >= 0.3 is 0 Å². The highest BCUT2D eigenvalue weighted by atomic mass is 16.3. The number of hydrogen-bond acceptors (Lipinski definition) is 3. The number of anilines is 1. The van der Waals surface area contributed by atoms with Crippen LogP contribution < -0.4 is 10.2 Å². The standard InChI is InChI=1S/C21H27N3O3/c1-14-12-15(2)19(16(3)13-14)22-20(25)17(4)23-7-9-24(10-8-23)21(26)18-6-5-11-27-18/h5-6,11-13,17H,7-10H2,1-4H3,(H,22,25)/p+1/t17-/m1/s1. The van der Waals surface area contributed by atoms with Gasteiger partial charge in [0, 0.05) is 5.69 Å². The smallest absolute Gasteiger partial charge is 0.289 e. The minimum atomic E-state index is -0.175. The monoisotopic (exact) mass is 370 g/mol. The van der Waals surface area contributed by atoms with E-state index in [4.69, 9.17) is 4.42 Å². The molecule has 1 saturated heterocycles. The van der Waals surface area contributed by atoms with E-state index >= 15 is 0 Å². The molecule has 0 spiro atoms. The fourth-order valence-electron chi connectivity index (χ4n) is 3.78. The number of carbonyl (C=O) groups is 2. The third-order valence-corrected chi connectivity index (χ3v) is 5.36. The van der Waals surface area contributed by atoms with Crippen molar-refractivity contribution in [3.8, 4) is 0 Å². The van der Waals surface area contributed by atoms with Crippen molar-refractivity contribution in [3.05, 3.63) is 53.0 Å². The predicted molar refractivity (Wildman–Crippen MR) is 104 cm³/mol. The van der Waals surface area contributed by atoms with E-state index < -0.39 is 0 Å². The summed E-state index contributed by atoms with van der Waals surface area (Å²) in [4.78, 5) is 28.1. The van der Waals surface area contributed by atoms with Crippen LogP contribution in [-0.2, 0) is 4.79 Å². The maximum absolute atomic E-state index is 12.8. The Kier molecular flexibility index (Phi) is 5.65. The lowest BCUT2D eigenvalue weighted by atomic mass is 10.0. The number of aryl methyl sites for hydroxylation is 3. The van der Waals surface area contributed by atoms with Crippen LogP contribution in [0.25, 0.3) is 0 Å². The van der Waals surface area contributed by atoms with Crippen LogP contribution in [0.3, 0.4) is 0 Å². The second-order valence-electron chi connectivity index (χ2n) is 7.41. The summed E-state index contributed by atoms with van der Waals surface area (Å²) in [7, 11) is 0. The van der Waals surface area contributed by atoms with E-state index in [-0.39, 0.29) is 17.9 Å². The van der Waals surface area contributed by atoms with Crippen LogP contribution in [0.1, 0.15) is 34.2 Å². The Bertz CT molecular complexity index is 798. The van der Waals surface area contributed by atoms with Crippen molar-refractivity contribution in [1.82, 2.24) is 4.90 Å². The average molecular weight is 370 g/mol. The van der Waals surface area contributed by atoms with Gasteiger partial charge in [-0.3, -0.25) is 9.59 Å². The number of quaternary nitrogens is 1. The normalized spacial score (nSPS) is 16.2. The van der Waals surface area contributed by atoms with Crippen molar-refractivity contribution in [1.29, 1.82) is 0 Å². The summed E-state index contributed by atoms with van der Waals surface area (Å²) in [6.45, 7) is 10.8. The highest BCUT2D eigenvalue weighted by molar-refractivity contribution is 5.95. The van der Waals surface area contributed by atoms with Gasteiger partial charge in [-0.15, -0.1) is 0 Å². The minimum Gasteiger partial charge on any atom is -0.459 e. The second-order valence-corrected chi connectivity index (χ2v) is 7.41. The molecule has 0 saturated carbocycles. The van der Waals surface area contributed by atoms with Gasteiger partial charge in [0.25, 0.3) is 11.8 Å². The maximum Gasteiger partial charge on any atom is 0.289 e. The van der Waals surface area contributed by atoms with Crippen LogP contribution in [0.2, 0.25) is 0 Å². The maximum atomic E-state index is 12.8. The molecule has 1 aromatic carbocycles. The molecule has 3 rings (SSSR count). The zero-order chi connectivity index (χ0) is 19.6. The Morgan fingerprint density at radius 2 is 1.78 bits per heavy atom. The zero-order valence-corrected chi connectivity index (χ0v) is 16.5. The molecule has 1 aliphatic rings. The quantitative estimate of drug-likeness (QED) is 0.859. The Labute approximate surface area is 160 Å². The number of benzene rings is 1. The van der Waals surface area contributed by atoms with Crippen molar-refractivity contribution in [2.75, 3.05) is 31.5 Å². The Hall–Kier alpha value is -2.60. The van der Waals surface area contributed by atoms with Crippen molar-refractivity contribution >= 4 is 17.5 Å². The van der Waals surface area contributed by atoms with Crippen LogP contribution in [0, 0.1) is 20.8 Å². The largest absolute Gasteiger partial charge is 0.459 e. The molecular weight excluding hydrogens is 342 g/mol. The van der Waals surface area contributed by atoms with Crippen LogP contribution in [0.4, 0.5) is 5.69 Å². The number of nitrogens with zero attached hydrogens (tertiary/aromatic N) is 1. The Morgan fingerprint density at radius 1 is 1.15 bits per heavy atom. The SMILES string of the molecule is Cc1cc(C)c(NC(=O)[C@@H](C)[NH+]2CCN(C(=O)c3ccco3)CC2)c(C)c1. The third kappa shape index (κ3) is 4.22. The van der Waals surface area contributed by atoms with Gasteiger partial charge in [0.2, 0.25) is 0 Å². The lowest BCUT2D eigenvalue weighted by molar-refractivity contribution is -0.917. The van der Waals surface area contributed by atoms with Gasteiger partial charge in [0.05, 0.1) is 32.4 Å². The van der Waals surface area contributed by atoms with E-state index in [0.717, 1.165) is 29.9 Å². The van der Waals surface area contributed by atoms with Crippen molar-refractivity contribution in [2.45, 2.75) is 33.7 Å². The van der Waals surface area contributed by atoms with E-state index in [1.165, 1.54) is 16.7 Å². The third-order valence-electron chi connectivity index (χ3n) is 5.36. The summed E-state index contributed by atoms with van der Waals surface area (Å²) < 4.78 is 5.20. The molecule has 0 bridgehead atoms. The molecule has 27 heavy (non-hydrogen) atoms. The molecule has 6 nitrogen and oxygen atoms in total. The number of nitrogens with one attached hydrogen (secondary N) is 2. The summed E-state index contributed by atoms with van der Waals surface area (Å²) in [6, 6.07) is 7.39. The summed E-state index contributed by atoms with van der Waals surface area (Å²) in [5.41, 5.74) is 4.26. The van der Waals surface area contributed by atoms with Gasteiger partial charge in [-0.05, 0) is 51.0 Å². The Balaban J connectivity index is 1.58. The highest BCUT2D eigenvalue weighted by Gasteiger charge is 2.32. The predicted octanol–water partition coefficient (Wildman–Crippen LogP) is 1.57. The number of piperazine rings is 1. The molecule has 1 fully saturated rings. The van der Waals surface area contributed by atoms with E-state index in [9.17, 15) is 9.59 Å². The first-order valence-electron chi connectivity index (χ1n) is 9.43. The molecule has 1 aliphatic heterocycles. The number of furan rings is 1. The molecular formula is C21H28N3O3+. The minimum absolute atomic E-state index is 0.0193. The van der Waals surface area contributed by atoms with Gasteiger partial charge < -0.3 is 19.5 Å². The molecule has 2 amide bonds. The highest BCUT2D eigenvalue weighted by Crippen LogP contribution is 2.21. The van der Waals surface area contributed by atoms with E-state index in [1.807, 2.05) is 20.8 Å². The molecule has 2 N–H and O–H groups in total. The molecule has 2 aromatic rings. The fraction of sp³-hybridized carbons (Fsp3) is 0.429. The van der Waals surface area contributed by atoms with Gasteiger partial charge in [-0.25, -0.2) is 0 Å². The van der Waals surface area contributed by atoms with E-state index in [1.54, 1.807) is 17.0 Å². The van der Waals surface area contributed by atoms with Crippen LogP contribution >= 0.6 is 0 Å². The number of rotatable bonds is 4. The van der Waals surface area contributed by atoms with Gasteiger partial charge in [0.15, 0.2) is 11.8 Å². The molecule has 0 radical (unpaired) electrons. The van der Waals surface area contributed by atoms with Gasteiger partial charge in [0.1, 0.15) is 0 Å². The summed E-state index contributed by atoms with van der Waals surface area (Å²) in [5.74, 6) is 0.308. The van der Waals surface area contributed by atoms with E-state index in [0.29, 0.717) is 18.8 Å². The van der Waals surface area contributed by atoms with Crippen molar-refractivity contribution in [3.63, 3.8) is 0 Å². The van der Waals surface area contributed by atoms with Crippen LogP contribution in [-0.4, -0.2) is 48.9 Å². The Morgan fingerprint density at radius 3 is 2.33 bits per heavy atom. The van der Waals surface area contributed by atoms with Crippen molar-refractivity contribution < 1.29 is 18.9 Å². The molecule has 0 aliphatic carbocycles. The molecule has 2 heterocycles. The fourth-order valence-corrected chi connectivity index (χ4v) is 3.78. The average Bonchev–Trinajstić information content (AvgIpc) is 3.18. The molecule has 6 heteroatoms. The molecule has 0 unspecified atom stereocenters. The topological polar surface area (TPSA) is 67.0 Å². The van der Waals surface area contributed by atoms with Gasteiger partial charge in [-0.2, -0.15) is 0 Å². The van der Waals surface area contributed by atoms with Gasteiger partial charge in [-0.1, -0.05) is 17.7 Å². The molecule has 144 valence electrons. The first-order chi connectivity index (χ1) is 12.9.